The van der Waals surface area contributed by atoms with Gasteiger partial charge in [0, 0.05) is 6.92 Å². The van der Waals surface area contributed by atoms with Crippen molar-refractivity contribution in [2.45, 2.75) is 76.4 Å². The molecule has 0 aliphatic carbocycles. The fourth-order valence-electron chi connectivity index (χ4n) is 3.75. The second-order valence-corrected chi connectivity index (χ2v) is 10.7. The van der Waals surface area contributed by atoms with Gasteiger partial charge in [-0.1, -0.05) is 27.7 Å². The van der Waals surface area contributed by atoms with Gasteiger partial charge in [-0.3, -0.25) is 4.68 Å². The number of nitrogens with one attached hydrogen (secondary N) is 3. The molecular formula is C20H31F2N7O4S. The number of hydrogen-bond acceptors (Lipinski definition) is 7. The first-order valence-corrected chi connectivity index (χ1v) is 12.4. The number of hydrogen-bond donors (Lipinski definition) is 3. The normalized spacial score (nSPS) is 16.5. The first-order valence-electron chi connectivity index (χ1n) is 10.9. The summed E-state index contributed by atoms with van der Waals surface area (Å²) in [6, 6.07) is -1.08. The molecule has 34 heavy (non-hydrogen) atoms. The van der Waals surface area contributed by atoms with E-state index in [0.717, 1.165) is 13.1 Å². The molecule has 11 nitrogen and oxygen atoms in total. The molecule has 3 N–H and O–H groups in total. The summed E-state index contributed by atoms with van der Waals surface area (Å²) < 4.78 is 63.4. The maximum atomic E-state index is 13.8. The highest BCUT2D eigenvalue weighted by Gasteiger charge is 2.33. The summed E-state index contributed by atoms with van der Waals surface area (Å²) in [4.78, 5) is 12.5. The molecule has 0 aromatic carbocycles. The summed E-state index contributed by atoms with van der Waals surface area (Å²) in [5, 5.41) is 13.9. The molecule has 1 aliphatic heterocycles. The number of ether oxygens (including phenoxy) is 1. The Hall–Kier alpha value is -2.74. The van der Waals surface area contributed by atoms with Crippen LogP contribution < -0.4 is 20.1 Å². The lowest BCUT2D eigenvalue weighted by Crippen LogP contribution is -2.40. The van der Waals surface area contributed by atoms with Crippen LogP contribution in [0.25, 0.3) is 0 Å². The van der Waals surface area contributed by atoms with E-state index in [2.05, 4.69) is 20.8 Å². The molecule has 2 aromatic rings. The maximum absolute atomic E-state index is 13.8. The van der Waals surface area contributed by atoms with Crippen LogP contribution in [0.15, 0.2) is 11.1 Å². The highest BCUT2D eigenvalue weighted by molar-refractivity contribution is 7.90. The van der Waals surface area contributed by atoms with E-state index in [1.807, 2.05) is 4.72 Å². The van der Waals surface area contributed by atoms with Crippen molar-refractivity contribution in [3.63, 3.8) is 0 Å². The first-order chi connectivity index (χ1) is 15.7. The summed E-state index contributed by atoms with van der Waals surface area (Å²) in [5.74, 6) is -3.48. The second kappa shape index (κ2) is 9.49. The fraction of sp³-hybridized carbons (Fsp3) is 0.650. The molecule has 0 saturated heterocycles. The molecule has 1 atom stereocenters. The van der Waals surface area contributed by atoms with Crippen LogP contribution in [0, 0.1) is 0 Å². The molecule has 0 saturated carbocycles. The summed E-state index contributed by atoms with van der Waals surface area (Å²) in [7, 11) is -2.57. The standard InChI is InChI=1S/C20H31F2N7O4S/c1-11(2)15-16(17(12(3)4)29(26-15)10-20(5,21)22)25-19(30)27-34(31,32)14-7-24-28-8-13(23-6)9-33-18(14)28/h7,11-13,23H,8-10H2,1-6H3,(H2,25,27,30). The Kier molecular flexibility index (Phi) is 7.22. The third-order valence-electron chi connectivity index (χ3n) is 5.28. The predicted molar refractivity (Wildman–Crippen MR) is 121 cm³/mol. The van der Waals surface area contributed by atoms with Gasteiger partial charge >= 0.3 is 6.03 Å². The Morgan fingerprint density at radius 2 is 1.97 bits per heavy atom. The van der Waals surface area contributed by atoms with Gasteiger partial charge in [-0.05, 0) is 18.9 Å². The van der Waals surface area contributed by atoms with Crippen LogP contribution in [0.3, 0.4) is 0 Å². The number of anilines is 1. The average molecular weight is 504 g/mol. The number of sulfonamides is 1. The minimum absolute atomic E-state index is 0.0323. The van der Waals surface area contributed by atoms with Gasteiger partial charge < -0.3 is 15.4 Å². The van der Waals surface area contributed by atoms with Gasteiger partial charge in [0.05, 0.1) is 35.9 Å². The Balaban J connectivity index is 1.88. The molecule has 0 fully saturated rings. The molecule has 0 spiro atoms. The second-order valence-electron chi connectivity index (χ2n) is 9.04. The number of carbonyl (C=O) groups is 1. The number of amides is 2. The zero-order valence-corrected chi connectivity index (χ0v) is 20.8. The quantitative estimate of drug-likeness (QED) is 0.504. The van der Waals surface area contributed by atoms with Crippen LogP contribution in [-0.2, 0) is 23.1 Å². The van der Waals surface area contributed by atoms with E-state index >= 15 is 0 Å². The van der Waals surface area contributed by atoms with Crippen molar-refractivity contribution in [3.05, 3.63) is 17.6 Å². The van der Waals surface area contributed by atoms with Crippen LogP contribution in [0.4, 0.5) is 19.3 Å². The summed E-state index contributed by atoms with van der Waals surface area (Å²) in [5.41, 5.74) is 0.971. The summed E-state index contributed by atoms with van der Waals surface area (Å²) in [6.07, 6.45) is 1.11. The van der Waals surface area contributed by atoms with Crippen molar-refractivity contribution in [2.75, 3.05) is 19.0 Å². The van der Waals surface area contributed by atoms with Crippen LogP contribution >= 0.6 is 0 Å². The van der Waals surface area contributed by atoms with Crippen LogP contribution in [0.1, 0.15) is 57.8 Å². The van der Waals surface area contributed by atoms with Crippen molar-refractivity contribution in [1.82, 2.24) is 29.6 Å². The topological polar surface area (TPSA) is 132 Å². The molecule has 190 valence electrons. The smallest absolute Gasteiger partial charge is 0.333 e. The van der Waals surface area contributed by atoms with E-state index in [1.54, 1.807) is 34.7 Å². The molecule has 3 heterocycles. The zero-order chi connectivity index (χ0) is 25.4. The van der Waals surface area contributed by atoms with E-state index in [9.17, 15) is 22.0 Å². The summed E-state index contributed by atoms with van der Waals surface area (Å²) in [6.45, 7) is 7.92. The van der Waals surface area contributed by atoms with Crippen molar-refractivity contribution < 1.29 is 26.7 Å². The van der Waals surface area contributed by atoms with Gasteiger partial charge in [0.25, 0.3) is 15.9 Å². The molecule has 0 bridgehead atoms. The van der Waals surface area contributed by atoms with Gasteiger partial charge in [-0.25, -0.2) is 31.4 Å². The zero-order valence-electron chi connectivity index (χ0n) is 20.0. The molecule has 0 radical (unpaired) electrons. The van der Waals surface area contributed by atoms with E-state index in [1.165, 1.54) is 9.36 Å². The van der Waals surface area contributed by atoms with Crippen molar-refractivity contribution in [3.8, 4) is 5.88 Å². The van der Waals surface area contributed by atoms with Gasteiger partial charge in [-0.15, -0.1) is 0 Å². The lowest BCUT2D eigenvalue weighted by Gasteiger charge is -2.24. The van der Waals surface area contributed by atoms with E-state index in [-0.39, 0.29) is 40.9 Å². The van der Waals surface area contributed by atoms with Gasteiger partial charge in [0.15, 0.2) is 4.90 Å². The Morgan fingerprint density at radius 3 is 2.53 bits per heavy atom. The molecule has 2 aromatic heterocycles. The maximum Gasteiger partial charge on any atom is 0.333 e. The summed E-state index contributed by atoms with van der Waals surface area (Å²) >= 11 is 0. The third kappa shape index (κ3) is 5.49. The van der Waals surface area contributed by atoms with Gasteiger partial charge in [0.2, 0.25) is 5.88 Å². The molecule has 14 heteroatoms. The number of likely N-dealkylation sites (N-methyl/N-ethyl adjacent to an activating group) is 1. The molecule has 1 unspecified atom stereocenters. The Labute approximate surface area is 197 Å². The number of fused-ring (bicyclic) bond motifs is 1. The number of nitrogens with zero attached hydrogens (tertiary/aromatic N) is 4. The lowest BCUT2D eigenvalue weighted by molar-refractivity contribution is -0.000453. The molecule has 3 rings (SSSR count). The van der Waals surface area contributed by atoms with Crippen molar-refractivity contribution in [1.29, 1.82) is 0 Å². The van der Waals surface area contributed by atoms with Crippen molar-refractivity contribution >= 4 is 21.7 Å². The minimum Gasteiger partial charge on any atom is -0.475 e. The number of halogens is 2. The van der Waals surface area contributed by atoms with E-state index in [4.69, 9.17) is 4.74 Å². The first kappa shape index (κ1) is 25.9. The number of urea groups is 1. The highest BCUT2D eigenvalue weighted by Crippen LogP contribution is 2.34. The van der Waals surface area contributed by atoms with Crippen LogP contribution in [0.5, 0.6) is 5.88 Å². The monoisotopic (exact) mass is 503 g/mol. The van der Waals surface area contributed by atoms with E-state index < -0.39 is 28.5 Å². The van der Waals surface area contributed by atoms with Crippen LogP contribution in [-0.4, -0.2) is 59.6 Å². The Morgan fingerprint density at radius 1 is 1.29 bits per heavy atom. The largest absolute Gasteiger partial charge is 0.475 e. The SMILES string of the molecule is CNC1COc2c(S(=O)(=O)NC(=O)Nc3c(C(C)C)nn(CC(C)(F)F)c3C(C)C)cnn2C1. The minimum atomic E-state index is -4.33. The highest BCUT2D eigenvalue weighted by atomic mass is 32.2. The molecular weight excluding hydrogens is 472 g/mol. The van der Waals surface area contributed by atoms with E-state index in [0.29, 0.717) is 17.9 Å². The lowest BCUT2D eigenvalue weighted by atomic mass is 10.0. The van der Waals surface area contributed by atoms with Gasteiger partial charge in [-0.2, -0.15) is 10.2 Å². The average Bonchev–Trinajstić information content (AvgIpc) is 3.27. The fourth-order valence-corrected chi connectivity index (χ4v) is 4.73. The van der Waals surface area contributed by atoms with Crippen molar-refractivity contribution in [2.24, 2.45) is 0 Å². The number of alkyl halides is 2. The number of aromatic nitrogens is 4. The van der Waals surface area contributed by atoms with Crippen LogP contribution in [0.2, 0.25) is 0 Å². The predicted octanol–water partition coefficient (Wildman–Crippen LogP) is 2.47. The third-order valence-corrected chi connectivity index (χ3v) is 6.59. The molecule has 2 amide bonds. The van der Waals surface area contributed by atoms with Gasteiger partial charge in [0.1, 0.15) is 13.2 Å². The molecule has 1 aliphatic rings. The number of rotatable bonds is 8. The number of carbonyl (C=O) groups excluding carboxylic acids is 1. The Bertz CT molecular complexity index is 1150.